The smallest absolute Gasteiger partial charge is 0.0305 e. The van der Waals surface area contributed by atoms with Gasteiger partial charge in [0.1, 0.15) is 0 Å². The fraction of sp³-hybridized carbons (Fsp3) is 0.455. The van der Waals surface area contributed by atoms with E-state index >= 15 is 0 Å². The molecule has 0 aromatic heterocycles. The number of hydrogen-bond donors (Lipinski definition) is 1. The van der Waals surface area contributed by atoms with Crippen LogP contribution in [0.3, 0.4) is 0 Å². The van der Waals surface area contributed by atoms with Crippen LogP contribution in [-0.2, 0) is 0 Å². The number of rotatable bonds is 3. The zero-order chi connectivity index (χ0) is 9.84. The van der Waals surface area contributed by atoms with Crippen LogP contribution in [0.5, 0.6) is 0 Å². The summed E-state index contributed by atoms with van der Waals surface area (Å²) in [5.74, 6) is 0. The Balaban J connectivity index is 2.76. The van der Waals surface area contributed by atoms with Crippen LogP contribution in [0.4, 0.5) is 0 Å². The highest BCUT2D eigenvalue weighted by Crippen LogP contribution is 2.22. The molecule has 1 aromatic rings. The molecular formula is C11H16BrN. The van der Waals surface area contributed by atoms with E-state index in [0.29, 0.717) is 12.1 Å². The van der Waals surface area contributed by atoms with Gasteiger partial charge in [0, 0.05) is 16.6 Å². The van der Waals surface area contributed by atoms with Gasteiger partial charge in [0.05, 0.1) is 0 Å². The minimum atomic E-state index is 0.399. The van der Waals surface area contributed by atoms with E-state index in [2.05, 4.69) is 60.2 Å². The van der Waals surface area contributed by atoms with Crippen LogP contribution in [0.1, 0.15) is 32.4 Å². The zero-order valence-electron chi connectivity index (χ0n) is 8.34. The van der Waals surface area contributed by atoms with Crippen molar-refractivity contribution in [3.05, 3.63) is 34.3 Å². The molecule has 1 atom stereocenters. The number of hydrogen-bond acceptors (Lipinski definition) is 1. The summed E-state index contributed by atoms with van der Waals surface area (Å²) >= 11 is 3.55. The van der Waals surface area contributed by atoms with Crippen LogP contribution >= 0.6 is 15.9 Å². The minimum Gasteiger partial charge on any atom is -0.308 e. The highest BCUT2D eigenvalue weighted by molar-refractivity contribution is 9.10. The molecule has 0 bridgehead atoms. The summed E-state index contributed by atoms with van der Waals surface area (Å²) in [7, 11) is 0. The Hall–Kier alpha value is -0.340. The highest BCUT2D eigenvalue weighted by atomic mass is 79.9. The third kappa shape index (κ3) is 3.12. The minimum absolute atomic E-state index is 0.399. The molecule has 0 saturated heterocycles. The third-order valence-corrected chi connectivity index (χ3v) is 2.68. The SMILES string of the molecule is CC(C)NC(C)c1ccccc1Br. The molecule has 13 heavy (non-hydrogen) atoms. The lowest BCUT2D eigenvalue weighted by molar-refractivity contribution is 0.505. The fourth-order valence-corrected chi connectivity index (χ4v) is 2.04. The van der Waals surface area contributed by atoms with Crippen LogP contribution in [0, 0.1) is 0 Å². The molecule has 0 aliphatic carbocycles. The summed E-state index contributed by atoms with van der Waals surface area (Å²) in [6.07, 6.45) is 0. The van der Waals surface area contributed by atoms with E-state index in [1.807, 2.05) is 6.07 Å². The molecule has 72 valence electrons. The summed E-state index contributed by atoms with van der Waals surface area (Å²) in [5.41, 5.74) is 1.32. The van der Waals surface area contributed by atoms with E-state index in [1.165, 1.54) is 10.0 Å². The molecule has 1 aromatic carbocycles. The largest absolute Gasteiger partial charge is 0.308 e. The molecule has 0 spiro atoms. The standard InChI is InChI=1S/C11H16BrN/c1-8(2)13-9(3)10-6-4-5-7-11(10)12/h4-9,13H,1-3H3. The van der Waals surface area contributed by atoms with Crippen molar-refractivity contribution < 1.29 is 0 Å². The molecular weight excluding hydrogens is 226 g/mol. The fourth-order valence-electron chi connectivity index (χ4n) is 1.42. The Labute approximate surface area is 88.7 Å². The molecule has 1 nitrogen and oxygen atoms in total. The second-order valence-corrected chi connectivity index (χ2v) is 4.42. The van der Waals surface area contributed by atoms with E-state index in [4.69, 9.17) is 0 Å². The summed E-state index contributed by atoms with van der Waals surface area (Å²) in [6.45, 7) is 6.50. The molecule has 2 heteroatoms. The molecule has 1 unspecified atom stereocenters. The molecule has 1 rings (SSSR count). The normalized spacial score (nSPS) is 13.3. The summed E-state index contributed by atoms with van der Waals surface area (Å²) in [6, 6.07) is 9.24. The first kappa shape index (κ1) is 10.7. The van der Waals surface area contributed by atoms with E-state index in [1.54, 1.807) is 0 Å². The summed E-state index contributed by atoms with van der Waals surface area (Å²) in [5, 5.41) is 3.47. The maximum Gasteiger partial charge on any atom is 0.0305 e. The molecule has 0 saturated carbocycles. The van der Waals surface area contributed by atoms with Crippen LogP contribution in [0.2, 0.25) is 0 Å². The van der Waals surface area contributed by atoms with Gasteiger partial charge in [-0.1, -0.05) is 48.0 Å². The lowest BCUT2D eigenvalue weighted by Crippen LogP contribution is -2.26. The predicted octanol–water partition coefficient (Wildman–Crippen LogP) is 3.51. The first-order chi connectivity index (χ1) is 6.11. The van der Waals surface area contributed by atoms with Gasteiger partial charge in [0.2, 0.25) is 0 Å². The van der Waals surface area contributed by atoms with Crippen molar-refractivity contribution >= 4 is 15.9 Å². The second-order valence-electron chi connectivity index (χ2n) is 3.56. The van der Waals surface area contributed by atoms with Crippen molar-refractivity contribution in [2.45, 2.75) is 32.9 Å². The molecule has 1 N–H and O–H groups in total. The molecule has 0 aliphatic heterocycles. The lowest BCUT2D eigenvalue weighted by atomic mass is 10.1. The van der Waals surface area contributed by atoms with Crippen molar-refractivity contribution in [1.29, 1.82) is 0 Å². The van der Waals surface area contributed by atoms with Gasteiger partial charge in [-0.25, -0.2) is 0 Å². The van der Waals surface area contributed by atoms with Crippen LogP contribution in [-0.4, -0.2) is 6.04 Å². The number of nitrogens with one attached hydrogen (secondary N) is 1. The quantitative estimate of drug-likeness (QED) is 0.855. The van der Waals surface area contributed by atoms with Gasteiger partial charge in [0.15, 0.2) is 0 Å². The second kappa shape index (κ2) is 4.77. The average molecular weight is 242 g/mol. The van der Waals surface area contributed by atoms with E-state index in [0.717, 1.165) is 0 Å². The summed E-state index contributed by atoms with van der Waals surface area (Å²) < 4.78 is 1.18. The molecule has 0 aliphatic rings. The highest BCUT2D eigenvalue weighted by Gasteiger charge is 2.08. The van der Waals surface area contributed by atoms with Crippen molar-refractivity contribution in [3.63, 3.8) is 0 Å². The van der Waals surface area contributed by atoms with E-state index < -0.39 is 0 Å². The Bertz CT molecular complexity index is 271. The summed E-state index contributed by atoms with van der Waals surface area (Å²) in [4.78, 5) is 0. The van der Waals surface area contributed by atoms with Gasteiger partial charge in [-0.15, -0.1) is 0 Å². The van der Waals surface area contributed by atoms with Crippen molar-refractivity contribution in [1.82, 2.24) is 5.32 Å². The maximum absolute atomic E-state index is 3.55. The lowest BCUT2D eigenvalue weighted by Gasteiger charge is -2.18. The first-order valence-electron chi connectivity index (χ1n) is 4.61. The molecule has 0 amide bonds. The van der Waals surface area contributed by atoms with Crippen molar-refractivity contribution in [3.8, 4) is 0 Å². The third-order valence-electron chi connectivity index (χ3n) is 1.96. The van der Waals surface area contributed by atoms with Gasteiger partial charge >= 0.3 is 0 Å². The topological polar surface area (TPSA) is 12.0 Å². The average Bonchev–Trinajstić information content (AvgIpc) is 2.03. The monoisotopic (exact) mass is 241 g/mol. The van der Waals surface area contributed by atoms with Gasteiger partial charge in [-0.3, -0.25) is 0 Å². The van der Waals surface area contributed by atoms with Crippen molar-refractivity contribution in [2.24, 2.45) is 0 Å². The van der Waals surface area contributed by atoms with E-state index in [9.17, 15) is 0 Å². The molecule has 0 fully saturated rings. The number of benzene rings is 1. The first-order valence-corrected chi connectivity index (χ1v) is 5.41. The van der Waals surface area contributed by atoms with Gasteiger partial charge in [-0.05, 0) is 18.6 Å². The zero-order valence-corrected chi connectivity index (χ0v) is 9.93. The maximum atomic E-state index is 3.55. The van der Waals surface area contributed by atoms with E-state index in [-0.39, 0.29) is 0 Å². The Kier molecular flexibility index (Phi) is 3.94. The van der Waals surface area contributed by atoms with Gasteiger partial charge in [-0.2, -0.15) is 0 Å². The van der Waals surface area contributed by atoms with Crippen LogP contribution < -0.4 is 5.32 Å². The van der Waals surface area contributed by atoms with Crippen LogP contribution in [0.15, 0.2) is 28.7 Å². The molecule has 0 radical (unpaired) electrons. The van der Waals surface area contributed by atoms with Crippen molar-refractivity contribution in [2.75, 3.05) is 0 Å². The predicted molar refractivity (Wildman–Crippen MR) is 60.8 cm³/mol. The Morgan fingerprint density at radius 2 is 1.77 bits per heavy atom. The Morgan fingerprint density at radius 3 is 2.31 bits per heavy atom. The number of halogens is 1. The van der Waals surface area contributed by atoms with Gasteiger partial charge < -0.3 is 5.32 Å². The molecule has 0 heterocycles. The Morgan fingerprint density at radius 1 is 1.15 bits per heavy atom. The van der Waals surface area contributed by atoms with Crippen LogP contribution in [0.25, 0.3) is 0 Å². The van der Waals surface area contributed by atoms with Gasteiger partial charge in [0.25, 0.3) is 0 Å².